The molecule has 0 fully saturated rings. The van der Waals surface area contributed by atoms with Gasteiger partial charge < -0.3 is 14.9 Å². The van der Waals surface area contributed by atoms with Crippen molar-refractivity contribution in [3.63, 3.8) is 0 Å². The third-order valence-electron chi connectivity index (χ3n) is 2.56. The topological polar surface area (TPSA) is 66.8 Å². The first-order chi connectivity index (χ1) is 6.73. The van der Waals surface area contributed by atoms with Crippen LogP contribution in [0.1, 0.15) is 41.0 Å². The van der Waals surface area contributed by atoms with Gasteiger partial charge in [0.25, 0.3) is 0 Å². The lowest BCUT2D eigenvalue weighted by molar-refractivity contribution is -0.207. The molecule has 2 unspecified atom stereocenters. The molecular formula is C11H22O4. The number of hydrogen-bond donors (Lipinski definition) is 2. The fourth-order valence-corrected chi connectivity index (χ4v) is 1.36. The van der Waals surface area contributed by atoms with Crippen LogP contribution < -0.4 is 0 Å². The van der Waals surface area contributed by atoms with Crippen LogP contribution in [-0.2, 0) is 9.53 Å². The zero-order valence-corrected chi connectivity index (χ0v) is 10.2. The Morgan fingerprint density at radius 2 is 1.80 bits per heavy atom. The van der Waals surface area contributed by atoms with Crippen LogP contribution >= 0.6 is 0 Å². The number of carbonyl (C=O) groups excluding carboxylic acids is 1. The van der Waals surface area contributed by atoms with Gasteiger partial charge in [-0.2, -0.15) is 0 Å². The van der Waals surface area contributed by atoms with Gasteiger partial charge in [-0.3, -0.25) is 4.79 Å². The van der Waals surface area contributed by atoms with E-state index in [1.165, 1.54) is 0 Å². The molecule has 0 amide bonds. The molecule has 2 atom stereocenters. The summed E-state index contributed by atoms with van der Waals surface area (Å²) in [4.78, 5) is 11.0. The second kappa shape index (κ2) is 5.47. The number of ether oxygens (including phenoxy) is 1. The van der Waals surface area contributed by atoms with Gasteiger partial charge in [0.05, 0.1) is 11.5 Å². The second-order valence-electron chi connectivity index (χ2n) is 4.71. The zero-order chi connectivity index (χ0) is 12.2. The Kier molecular flexibility index (Phi) is 5.24. The van der Waals surface area contributed by atoms with E-state index in [1.807, 2.05) is 13.8 Å². The number of aliphatic hydroxyl groups is 2. The Bertz CT molecular complexity index is 211. The molecule has 0 rings (SSSR count). The van der Waals surface area contributed by atoms with Crippen molar-refractivity contribution in [2.75, 3.05) is 0 Å². The number of esters is 1. The second-order valence-corrected chi connectivity index (χ2v) is 4.71. The molecule has 0 aliphatic carbocycles. The van der Waals surface area contributed by atoms with Crippen LogP contribution in [0.15, 0.2) is 0 Å². The van der Waals surface area contributed by atoms with Gasteiger partial charge in [-0.25, -0.2) is 0 Å². The smallest absolute Gasteiger partial charge is 0.307 e. The molecule has 0 saturated heterocycles. The molecule has 0 bridgehead atoms. The highest BCUT2D eigenvalue weighted by Crippen LogP contribution is 2.30. The Labute approximate surface area is 91.3 Å². The predicted octanol–water partition coefficient (Wildman–Crippen LogP) is 1.30. The molecule has 0 aromatic rings. The molecular weight excluding hydrogens is 196 g/mol. The molecule has 0 aromatic carbocycles. The number of carbonyl (C=O) groups is 1. The van der Waals surface area contributed by atoms with Crippen LogP contribution in [0.2, 0.25) is 0 Å². The van der Waals surface area contributed by atoms with Crippen molar-refractivity contribution in [3.8, 4) is 0 Å². The minimum Gasteiger partial charge on any atom is -0.435 e. The molecule has 0 aliphatic heterocycles. The summed E-state index contributed by atoms with van der Waals surface area (Å²) in [5.74, 6) is -0.471. The van der Waals surface area contributed by atoms with Crippen molar-refractivity contribution in [2.24, 2.45) is 11.3 Å². The molecule has 0 aliphatic rings. The number of aliphatic hydroxyl groups excluding tert-OH is 2. The summed E-state index contributed by atoms with van der Waals surface area (Å²) in [5, 5.41) is 19.6. The Morgan fingerprint density at radius 1 is 1.33 bits per heavy atom. The van der Waals surface area contributed by atoms with Gasteiger partial charge in [-0.05, 0) is 5.92 Å². The first-order valence-electron chi connectivity index (χ1n) is 5.29. The molecule has 90 valence electrons. The lowest BCUT2D eigenvalue weighted by atomic mass is 9.80. The van der Waals surface area contributed by atoms with E-state index in [0.29, 0.717) is 0 Å². The summed E-state index contributed by atoms with van der Waals surface area (Å²) in [7, 11) is 0. The first-order valence-corrected chi connectivity index (χ1v) is 5.29. The van der Waals surface area contributed by atoms with Crippen molar-refractivity contribution in [3.05, 3.63) is 0 Å². The van der Waals surface area contributed by atoms with Crippen molar-refractivity contribution < 1.29 is 19.7 Å². The maximum absolute atomic E-state index is 11.0. The average molecular weight is 218 g/mol. The highest BCUT2D eigenvalue weighted by atomic mass is 16.6. The number of rotatable bonds is 5. The van der Waals surface area contributed by atoms with E-state index in [9.17, 15) is 15.0 Å². The highest BCUT2D eigenvalue weighted by Gasteiger charge is 2.39. The summed E-state index contributed by atoms with van der Waals surface area (Å²) < 4.78 is 4.79. The van der Waals surface area contributed by atoms with Gasteiger partial charge in [-0.15, -0.1) is 0 Å². The van der Waals surface area contributed by atoms with Crippen molar-refractivity contribution in [1.82, 2.24) is 0 Å². The summed E-state index contributed by atoms with van der Waals surface area (Å²) in [5.41, 5.74) is -0.862. The third kappa shape index (κ3) is 3.80. The molecule has 4 heteroatoms. The van der Waals surface area contributed by atoms with Crippen LogP contribution in [0.25, 0.3) is 0 Å². The van der Waals surface area contributed by atoms with Crippen LogP contribution in [0.5, 0.6) is 0 Å². The minimum atomic E-state index is -1.28. The largest absolute Gasteiger partial charge is 0.435 e. The Hall–Kier alpha value is -0.610. The van der Waals surface area contributed by atoms with Crippen LogP contribution in [0.4, 0.5) is 0 Å². The molecule has 15 heavy (non-hydrogen) atoms. The Morgan fingerprint density at radius 3 is 2.13 bits per heavy atom. The highest BCUT2D eigenvalue weighted by molar-refractivity contribution is 5.69. The van der Waals surface area contributed by atoms with Crippen molar-refractivity contribution in [2.45, 2.75) is 53.4 Å². The Balaban J connectivity index is 4.50. The maximum atomic E-state index is 11.0. The van der Waals surface area contributed by atoms with E-state index in [0.717, 1.165) is 0 Å². The van der Waals surface area contributed by atoms with E-state index in [1.54, 1.807) is 20.8 Å². The van der Waals surface area contributed by atoms with Crippen LogP contribution in [-0.4, -0.2) is 28.6 Å². The monoisotopic (exact) mass is 218 g/mol. The molecule has 0 spiro atoms. The zero-order valence-electron chi connectivity index (χ0n) is 10.2. The molecule has 2 N–H and O–H groups in total. The van der Waals surface area contributed by atoms with Gasteiger partial charge in [-0.1, -0.05) is 34.6 Å². The summed E-state index contributed by atoms with van der Waals surface area (Å²) >= 11 is 0. The van der Waals surface area contributed by atoms with E-state index < -0.39 is 23.8 Å². The van der Waals surface area contributed by atoms with Crippen LogP contribution in [0.3, 0.4) is 0 Å². The van der Waals surface area contributed by atoms with Crippen LogP contribution in [0, 0.1) is 11.3 Å². The van der Waals surface area contributed by atoms with Crippen molar-refractivity contribution >= 4 is 5.97 Å². The normalized spacial score (nSPS) is 16.3. The van der Waals surface area contributed by atoms with Gasteiger partial charge in [0.1, 0.15) is 0 Å². The predicted molar refractivity (Wildman–Crippen MR) is 57.0 cm³/mol. The quantitative estimate of drug-likeness (QED) is 0.539. The van der Waals surface area contributed by atoms with Gasteiger partial charge in [0, 0.05) is 6.42 Å². The lowest BCUT2D eigenvalue weighted by Crippen LogP contribution is -2.45. The molecule has 0 heterocycles. The first kappa shape index (κ1) is 14.4. The summed E-state index contributed by atoms with van der Waals surface area (Å²) in [6.45, 7) is 8.69. The van der Waals surface area contributed by atoms with Gasteiger partial charge >= 0.3 is 5.97 Å². The molecule has 0 radical (unpaired) electrons. The van der Waals surface area contributed by atoms with E-state index >= 15 is 0 Å². The van der Waals surface area contributed by atoms with E-state index in [-0.39, 0.29) is 12.3 Å². The summed E-state index contributed by atoms with van der Waals surface area (Å²) in [6.07, 6.45) is -1.79. The molecule has 0 aromatic heterocycles. The van der Waals surface area contributed by atoms with Crippen molar-refractivity contribution in [1.29, 1.82) is 0 Å². The fourth-order valence-electron chi connectivity index (χ4n) is 1.36. The van der Waals surface area contributed by atoms with E-state index in [4.69, 9.17) is 4.74 Å². The lowest BCUT2D eigenvalue weighted by Gasteiger charge is -2.36. The van der Waals surface area contributed by atoms with Gasteiger partial charge in [0.15, 0.2) is 0 Å². The fraction of sp³-hybridized carbons (Fsp3) is 0.909. The standard InChI is InChI=1S/C11H22O4/c1-6-8(12)15-10(14)11(4,5)9(13)7(2)3/h7,9-10,13-14H,6H2,1-5H3. The number of hydrogen-bond acceptors (Lipinski definition) is 4. The maximum Gasteiger partial charge on any atom is 0.307 e. The molecule has 4 nitrogen and oxygen atoms in total. The molecule has 0 saturated carbocycles. The SMILES string of the molecule is CCC(=O)OC(O)C(C)(C)C(O)C(C)C. The average Bonchev–Trinajstić information content (AvgIpc) is 2.15. The van der Waals surface area contributed by atoms with Gasteiger partial charge in [0.2, 0.25) is 6.29 Å². The minimum absolute atomic E-state index is 0.00465. The van der Waals surface area contributed by atoms with E-state index in [2.05, 4.69) is 0 Å². The summed E-state index contributed by atoms with van der Waals surface area (Å²) in [6, 6.07) is 0. The third-order valence-corrected chi connectivity index (χ3v) is 2.56.